The Morgan fingerprint density at radius 3 is 3.10 bits per heavy atom. The Bertz CT molecular complexity index is 673. The van der Waals surface area contributed by atoms with E-state index in [0.29, 0.717) is 24.3 Å². The number of benzene rings is 1. The molecule has 1 N–H and O–H groups in total. The van der Waals surface area contributed by atoms with Gasteiger partial charge in [-0.1, -0.05) is 6.07 Å². The molecule has 1 aromatic carbocycles. The molecule has 0 aliphatic carbocycles. The molecule has 0 fully saturated rings. The van der Waals surface area contributed by atoms with Crippen LogP contribution >= 0.6 is 0 Å². The molecule has 21 heavy (non-hydrogen) atoms. The number of ether oxygens (including phenoxy) is 1. The normalized spacial score (nSPS) is 16.2. The summed E-state index contributed by atoms with van der Waals surface area (Å²) in [5.41, 5.74) is 2.33. The third kappa shape index (κ3) is 2.86. The molecular weight excluding hydrogens is 271 g/mol. The topological polar surface area (TPSA) is 51.2 Å². The average Bonchev–Trinajstić information content (AvgIpc) is 2.88. The first-order valence-corrected chi connectivity index (χ1v) is 6.77. The summed E-state index contributed by atoms with van der Waals surface area (Å²) in [6.45, 7) is 1.88. The average molecular weight is 286 g/mol. The van der Waals surface area contributed by atoms with Crippen LogP contribution in [-0.4, -0.2) is 23.5 Å². The van der Waals surface area contributed by atoms with Crippen LogP contribution in [0.1, 0.15) is 12.5 Å². The Kier molecular flexibility index (Phi) is 3.56. The number of carbonyl (C=O) groups is 1. The van der Waals surface area contributed by atoms with Gasteiger partial charge < -0.3 is 10.1 Å². The maximum absolute atomic E-state index is 13.8. The van der Waals surface area contributed by atoms with Crippen molar-refractivity contribution >= 4 is 5.91 Å². The number of halogens is 1. The highest BCUT2D eigenvalue weighted by atomic mass is 19.1. The summed E-state index contributed by atoms with van der Waals surface area (Å²) in [4.78, 5) is 15.0. The third-order valence-electron chi connectivity index (χ3n) is 3.41. The van der Waals surface area contributed by atoms with Crippen molar-refractivity contribution in [1.29, 1.82) is 0 Å². The Labute approximate surface area is 122 Å². The van der Waals surface area contributed by atoms with Gasteiger partial charge in [0.1, 0.15) is 17.7 Å². The predicted molar refractivity (Wildman–Crippen MR) is 76.4 cm³/mol. The number of fused-ring (bicyclic) bond motifs is 1. The molecule has 1 aliphatic heterocycles. The standard InChI is InChI=1S/C16H15FN2O2/c1-10(20)19-9-14-6-12-5-13(17)7-15(16(12)21-14)11-3-2-4-18-8-11/h2-5,7-8,14H,6,9H2,1H3,(H,19,20)/t14-/m0/s1. The van der Waals surface area contributed by atoms with E-state index >= 15 is 0 Å². The highest BCUT2D eigenvalue weighted by Crippen LogP contribution is 2.39. The number of aromatic nitrogens is 1. The maximum Gasteiger partial charge on any atom is 0.217 e. The van der Waals surface area contributed by atoms with Gasteiger partial charge in [-0.15, -0.1) is 0 Å². The number of nitrogens with zero attached hydrogens (tertiary/aromatic N) is 1. The van der Waals surface area contributed by atoms with Crippen LogP contribution in [-0.2, 0) is 11.2 Å². The van der Waals surface area contributed by atoms with Crippen LogP contribution in [0.3, 0.4) is 0 Å². The fourth-order valence-electron chi connectivity index (χ4n) is 2.50. The summed E-state index contributed by atoms with van der Waals surface area (Å²) >= 11 is 0. The monoisotopic (exact) mass is 286 g/mol. The number of carbonyl (C=O) groups excluding carboxylic acids is 1. The van der Waals surface area contributed by atoms with Crippen LogP contribution < -0.4 is 10.1 Å². The number of rotatable bonds is 3. The summed E-state index contributed by atoms with van der Waals surface area (Å²) in [5.74, 6) is 0.282. The zero-order valence-corrected chi connectivity index (χ0v) is 11.6. The molecule has 4 nitrogen and oxygen atoms in total. The summed E-state index contributed by atoms with van der Waals surface area (Å²) in [5, 5.41) is 2.73. The first-order valence-electron chi connectivity index (χ1n) is 6.77. The van der Waals surface area contributed by atoms with Crippen LogP contribution in [0.15, 0.2) is 36.7 Å². The van der Waals surface area contributed by atoms with Gasteiger partial charge in [0.25, 0.3) is 0 Å². The van der Waals surface area contributed by atoms with Crippen LogP contribution in [0, 0.1) is 5.82 Å². The van der Waals surface area contributed by atoms with Crippen molar-refractivity contribution < 1.29 is 13.9 Å². The van der Waals surface area contributed by atoms with Gasteiger partial charge in [-0.05, 0) is 18.2 Å². The van der Waals surface area contributed by atoms with Gasteiger partial charge in [0, 0.05) is 42.4 Å². The van der Waals surface area contributed by atoms with E-state index in [1.165, 1.54) is 19.1 Å². The Hall–Kier alpha value is -2.43. The highest BCUT2D eigenvalue weighted by molar-refractivity contribution is 5.74. The zero-order valence-electron chi connectivity index (χ0n) is 11.6. The zero-order chi connectivity index (χ0) is 14.8. The molecule has 108 valence electrons. The van der Waals surface area contributed by atoms with Crippen LogP contribution in [0.25, 0.3) is 11.1 Å². The van der Waals surface area contributed by atoms with Crippen LogP contribution in [0.2, 0.25) is 0 Å². The van der Waals surface area contributed by atoms with Crippen molar-refractivity contribution in [3.05, 3.63) is 48.0 Å². The van der Waals surface area contributed by atoms with E-state index in [0.717, 1.165) is 11.1 Å². The summed E-state index contributed by atoms with van der Waals surface area (Å²) in [6, 6.07) is 6.61. The van der Waals surface area contributed by atoms with Crippen molar-refractivity contribution in [3.63, 3.8) is 0 Å². The fraction of sp³-hybridized carbons (Fsp3) is 0.250. The summed E-state index contributed by atoms with van der Waals surface area (Å²) in [7, 11) is 0. The Morgan fingerprint density at radius 2 is 2.38 bits per heavy atom. The summed E-state index contributed by atoms with van der Waals surface area (Å²) in [6.07, 6.45) is 3.77. The van der Waals surface area contributed by atoms with Gasteiger partial charge in [0.2, 0.25) is 5.91 Å². The molecule has 1 atom stereocenters. The molecular formula is C16H15FN2O2. The molecule has 0 saturated heterocycles. The van der Waals surface area contributed by atoms with Crippen molar-refractivity contribution in [3.8, 4) is 16.9 Å². The van der Waals surface area contributed by atoms with Crippen molar-refractivity contribution in [2.75, 3.05) is 6.54 Å². The number of pyridine rings is 1. The fourth-order valence-corrected chi connectivity index (χ4v) is 2.50. The first-order chi connectivity index (χ1) is 10.1. The largest absolute Gasteiger partial charge is 0.487 e. The second-order valence-electron chi connectivity index (χ2n) is 5.06. The van der Waals surface area contributed by atoms with E-state index in [1.807, 2.05) is 6.07 Å². The second kappa shape index (κ2) is 5.52. The van der Waals surface area contributed by atoms with E-state index < -0.39 is 0 Å². The van der Waals surface area contributed by atoms with Gasteiger partial charge in [0.05, 0.1) is 6.54 Å². The van der Waals surface area contributed by atoms with Crippen LogP contribution in [0.5, 0.6) is 5.75 Å². The lowest BCUT2D eigenvalue weighted by atomic mass is 10.0. The highest BCUT2D eigenvalue weighted by Gasteiger charge is 2.27. The third-order valence-corrected chi connectivity index (χ3v) is 3.41. The quantitative estimate of drug-likeness (QED) is 0.942. The number of nitrogens with one attached hydrogen (secondary N) is 1. The lowest BCUT2D eigenvalue weighted by Gasteiger charge is -2.12. The van der Waals surface area contributed by atoms with Gasteiger partial charge >= 0.3 is 0 Å². The minimum atomic E-state index is -0.295. The molecule has 0 radical (unpaired) electrons. The molecule has 0 unspecified atom stereocenters. The lowest BCUT2D eigenvalue weighted by molar-refractivity contribution is -0.119. The molecule has 0 spiro atoms. The number of hydrogen-bond acceptors (Lipinski definition) is 3. The first kappa shape index (κ1) is 13.5. The van der Waals surface area contributed by atoms with Gasteiger partial charge in [-0.25, -0.2) is 4.39 Å². The number of hydrogen-bond donors (Lipinski definition) is 1. The van der Waals surface area contributed by atoms with Gasteiger partial charge in [0.15, 0.2) is 0 Å². The SMILES string of the molecule is CC(=O)NC[C@@H]1Cc2cc(F)cc(-c3cccnc3)c2O1. The van der Waals surface area contributed by atoms with E-state index in [4.69, 9.17) is 4.74 Å². The maximum atomic E-state index is 13.8. The Morgan fingerprint density at radius 1 is 1.52 bits per heavy atom. The Balaban J connectivity index is 1.91. The second-order valence-corrected chi connectivity index (χ2v) is 5.06. The van der Waals surface area contributed by atoms with Crippen molar-refractivity contribution in [2.24, 2.45) is 0 Å². The van der Waals surface area contributed by atoms with Gasteiger partial charge in [-0.3, -0.25) is 9.78 Å². The van der Waals surface area contributed by atoms with E-state index in [9.17, 15) is 9.18 Å². The van der Waals surface area contributed by atoms with Crippen LogP contribution in [0.4, 0.5) is 4.39 Å². The molecule has 1 aromatic heterocycles. The molecule has 0 bridgehead atoms. The minimum Gasteiger partial charge on any atom is -0.487 e. The van der Waals surface area contributed by atoms with E-state index in [1.54, 1.807) is 18.5 Å². The van der Waals surface area contributed by atoms with E-state index in [-0.39, 0.29) is 17.8 Å². The van der Waals surface area contributed by atoms with Gasteiger partial charge in [-0.2, -0.15) is 0 Å². The smallest absolute Gasteiger partial charge is 0.217 e. The molecule has 1 aliphatic rings. The number of amides is 1. The minimum absolute atomic E-state index is 0.104. The molecule has 3 rings (SSSR count). The molecule has 2 heterocycles. The molecule has 2 aromatic rings. The predicted octanol–water partition coefficient (Wildman–Crippen LogP) is 2.33. The van der Waals surface area contributed by atoms with Crippen molar-refractivity contribution in [2.45, 2.75) is 19.4 Å². The molecule has 5 heteroatoms. The van der Waals surface area contributed by atoms with E-state index in [2.05, 4.69) is 10.3 Å². The molecule has 1 amide bonds. The van der Waals surface area contributed by atoms with Crippen molar-refractivity contribution in [1.82, 2.24) is 10.3 Å². The lowest BCUT2D eigenvalue weighted by Crippen LogP contribution is -2.32. The molecule has 0 saturated carbocycles. The summed E-state index contributed by atoms with van der Waals surface area (Å²) < 4.78 is 19.7.